The first-order valence-electron chi connectivity index (χ1n) is 8.40. The van der Waals surface area contributed by atoms with E-state index in [2.05, 4.69) is 46.4 Å². The average molecular weight is 272 g/mol. The van der Waals surface area contributed by atoms with E-state index in [4.69, 9.17) is 0 Å². The van der Waals surface area contributed by atoms with E-state index in [1.54, 1.807) is 11.1 Å². The standard InChI is InChI=1S/C20H32/c1-15-7-6-8-16(2)10-14-19-17(3)11-13-18(12-9-15)20(19,4)5/h8-9,18-19H,3,6-7,10-14H2,1-2,4-5H3/b15-9+,16-8+/t18-,19-/m0/s1. The SMILES string of the molecule is C=C1CC[C@@H]2C/C=C(\C)CC/C=C(\C)CC[C@@H]1C2(C)C. The molecule has 0 saturated heterocycles. The molecule has 2 aliphatic carbocycles. The third kappa shape index (κ3) is 3.45. The molecule has 1 saturated carbocycles. The topological polar surface area (TPSA) is 0 Å². The van der Waals surface area contributed by atoms with Gasteiger partial charge in [-0.15, -0.1) is 0 Å². The number of hydrogen-bond donors (Lipinski definition) is 0. The largest absolute Gasteiger partial charge is 0.0996 e. The highest BCUT2D eigenvalue weighted by Crippen LogP contribution is 2.51. The summed E-state index contributed by atoms with van der Waals surface area (Å²) >= 11 is 0. The minimum absolute atomic E-state index is 0.408. The predicted octanol–water partition coefficient (Wildman–Crippen LogP) is 6.45. The summed E-state index contributed by atoms with van der Waals surface area (Å²) in [7, 11) is 0. The van der Waals surface area contributed by atoms with E-state index >= 15 is 0 Å². The highest BCUT2D eigenvalue weighted by atomic mass is 14.5. The maximum Gasteiger partial charge on any atom is -0.0149 e. The Kier molecular flexibility index (Phi) is 4.94. The van der Waals surface area contributed by atoms with Gasteiger partial charge in [0.15, 0.2) is 0 Å². The predicted molar refractivity (Wildman–Crippen MR) is 89.7 cm³/mol. The lowest BCUT2D eigenvalue weighted by atomic mass is 9.58. The van der Waals surface area contributed by atoms with Gasteiger partial charge in [-0.25, -0.2) is 0 Å². The zero-order chi connectivity index (χ0) is 14.8. The first kappa shape index (κ1) is 15.6. The minimum atomic E-state index is 0.408. The Labute approximate surface area is 126 Å². The summed E-state index contributed by atoms with van der Waals surface area (Å²) in [5.41, 5.74) is 5.07. The van der Waals surface area contributed by atoms with Crippen molar-refractivity contribution in [2.75, 3.05) is 0 Å². The molecule has 0 aromatic carbocycles. The van der Waals surface area contributed by atoms with E-state index in [0.717, 1.165) is 5.92 Å². The fourth-order valence-corrected chi connectivity index (χ4v) is 4.18. The third-order valence-electron chi connectivity index (χ3n) is 5.87. The van der Waals surface area contributed by atoms with Crippen LogP contribution in [0.2, 0.25) is 0 Å². The molecule has 0 aliphatic heterocycles. The number of allylic oxidation sites excluding steroid dienone is 5. The molecule has 20 heavy (non-hydrogen) atoms. The summed E-state index contributed by atoms with van der Waals surface area (Å²) in [6, 6.07) is 0. The second kappa shape index (κ2) is 6.33. The Morgan fingerprint density at radius 2 is 1.70 bits per heavy atom. The zero-order valence-corrected chi connectivity index (χ0v) is 14.0. The molecule has 0 heteroatoms. The maximum atomic E-state index is 4.40. The van der Waals surface area contributed by atoms with Gasteiger partial charge in [-0.05, 0) is 76.0 Å². The quantitative estimate of drug-likeness (QED) is 0.444. The second-order valence-corrected chi connectivity index (χ2v) is 7.68. The molecule has 2 bridgehead atoms. The molecule has 0 spiro atoms. The summed E-state index contributed by atoms with van der Waals surface area (Å²) in [6.45, 7) is 14.0. The van der Waals surface area contributed by atoms with Crippen LogP contribution in [-0.4, -0.2) is 0 Å². The molecule has 0 radical (unpaired) electrons. The molecular formula is C20H32. The molecule has 2 rings (SSSR count). The van der Waals surface area contributed by atoms with Crippen LogP contribution in [0.3, 0.4) is 0 Å². The van der Waals surface area contributed by atoms with Crippen LogP contribution in [0.1, 0.15) is 72.6 Å². The minimum Gasteiger partial charge on any atom is -0.0996 e. The summed E-state index contributed by atoms with van der Waals surface area (Å²) in [5.74, 6) is 1.54. The van der Waals surface area contributed by atoms with Crippen molar-refractivity contribution >= 4 is 0 Å². The molecule has 2 atom stereocenters. The highest BCUT2D eigenvalue weighted by Gasteiger charge is 2.40. The van der Waals surface area contributed by atoms with Gasteiger partial charge >= 0.3 is 0 Å². The first-order valence-corrected chi connectivity index (χ1v) is 8.40. The summed E-state index contributed by atoms with van der Waals surface area (Å²) in [6.07, 6.45) is 13.8. The van der Waals surface area contributed by atoms with Gasteiger partial charge in [0.2, 0.25) is 0 Å². The fourth-order valence-electron chi connectivity index (χ4n) is 4.18. The van der Waals surface area contributed by atoms with Crippen LogP contribution >= 0.6 is 0 Å². The van der Waals surface area contributed by atoms with E-state index < -0.39 is 0 Å². The zero-order valence-electron chi connectivity index (χ0n) is 14.0. The van der Waals surface area contributed by atoms with Gasteiger partial charge in [-0.3, -0.25) is 0 Å². The molecule has 1 fully saturated rings. The molecular weight excluding hydrogens is 240 g/mol. The van der Waals surface area contributed by atoms with Crippen molar-refractivity contribution in [2.24, 2.45) is 17.3 Å². The van der Waals surface area contributed by atoms with E-state index in [0.29, 0.717) is 11.3 Å². The molecule has 0 amide bonds. The van der Waals surface area contributed by atoms with Crippen LogP contribution in [0.5, 0.6) is 0 Å². The van der Waals surface area contributed by atoms with Crippen molar-refractivity contribution in [3.63, 3.8) is 0 Å². The van der Waals surface area contributed by atoms with Gasteiger partial charge in [-0.2, -0.15) is 0 Å². The normalized spacial score (nSPS) is 36.9. The molecule has 0 aromatic rings. The van der Waals surface area contributed by atoms with Crippen molar-refractivity contribution in [1.29, 1.82) is 0 Å². The lowest BCUT2D eigenvalue weighted by molar-refractivity contribution is 0.0950. The van der Waals surface area contributed by atoms with Gasteiger partial charge in [-0.1, -0.05) is 49.3 Å². The first-order chi connectivity index (χ1) is 9.41. The van der Waals surface area contributed by atoms with E-state index in [1.165, 1.54) is 50.5 Å². The molecule has 0 N–H and O–H groups in total. The molecule has 0 heterocycles. The van der Waals surface area contributed by atoms with Crippen molar-refractivity contribution in [3.8, 4) is 0 Å². The van der Waals surface area contributed by atoms with Crippen LogP contribution in [-0.2, 0) is 0 Å². The second-order valence-electron chi connectivity index (χ2n) is 7.68. The van der Waals surface area contributed by atoms with Gasteiger partial charge in [0.25, 0.3) is 0 Å². The van der Waals surface area contributed by atoms with Crippen LogP contribution in [0.15, 0.2) is 35.5 Å². The van der Waals surface area contributed by atoms with Gasteiger partial charge in [0.1, 0.15) is 0 Å². The van der Waals surface area contributed by atoms with Crippen LogP contribution in [0, 0.1) is 17.3 Å². The molecule has 0 nitrogen and oxygen atoms in total. The van der Waals surface area contributed by atoms with Gasteiger partial charge < -0.3 is 0 Å². The molecule has 0 unspecified atom stereocenters. The van der Waals surface area contributed by atoms with E-state index in [1.807, 2.05) is 0 Å². The third-order valence-corrected chi connectivity index (χ3v) is 5.87. The monoisotopic (exact) mass is 272 g/mol. The number of fused-ring (bicyclic) bond motifs is 2. The van der Waals surface area contributed by atoms with Crippen molar-refractivity contribution in [3.05, 3.63) is 35.5 Å². The average Bonchev–Trinajstić information content (AvgIpc) is 2.36. The smallest absolute Gasteiger partial charge is 0.0149 e. The van der Waals surface area contributed by atoms with Crippen LogP contribution < -0.4 is 0 Å². The van der Waals surface area contributed by atoms with Crippen molar-refractivity contribution in [1.82, 2.24) is 0 Å². The van der Waals surface area contributed by atoms with E-state index in [9.17, 15) is 0 Å². The fraction of sp³-hybridized carbons (Fsp3) is 0.700. The molecule has 112 valence electrons. The molecule has 0 aromatic heterocycles. The lowest BCUT2D eigenvalue weighted by Crippen LogP contribution is -2.37. The summed E-state index contributed by atoms with van der Waals surface area (Å²) in [4.78, 5) is 0. The number of rotatable bonds is 0. The Bertz CT molecular complexity index is 419. The Morgan fingerprint density at radius 1 is 1.00 bits per heavy atom. The van der Waals surface area contributed by atoms with Crippen molar-refractivity contribution < 1.29 is 0 Å². The summed E-state index contributed by atoms with van der Waals surface area (Å²) < 4.78 is 0. The highest BCUT2D eigenvalue weighted by molar-refractivity contribution is 5.15. The number of hydrogen-bond acceptors (Lipinski definition) is 0. The van der Waals surface area contributed by atoms with Crippen LogP contribution in [0.4, 0.5) is 0 Å². The van der Waals surface area contributed by atoms with Crippen molar-refractivity contribution in [2.45, 2.75) is 72.6 Å². The molecule has 2 aliphatic rings. The summed E-state index contributed by atoms with van der Waals surface area (Å²) in [5, 5.41) is 0. The Hall–Kier alpha value is -0.780. The maximum absolute atomic E-state index is 4.40. The Morgan fingerprint density at radius 3 is 2.45 bits per heavy atom. The lowest BCUT2D eigenvalue weighted by Gasteiger charge is -2.47. The van der Waals surface area contributed by atoms with Gasteiger partial charge in [0, 0.05) is 0 Å². The van der Waals surface area contributed by atoms with Gasteiger partial charge in [0.05, 0.1) is 0 Å². The van der Waals surface area contributed by atoms with E-state index in [-0.39, 0.29) is 0 Å². The Balaban J connectivity index is 2.26. The van der Waals surface area contributed by atoms with Crippen LogP contribution in [0.25, 0.3) is 0 Å².